The van der Waals surface area contributed by atoms with E-state index < -0.39 is 23.4 Å². The topological polar surface area (TPSA) is 125 Å². The zero-order valence-corrected chi connectivity index (χ0v) is 30.3. The smallest absolute Gasteiger partial charge is 0.407 e. The fourth-order valence-corrected chi connectivity index (χ4v) is 4.59. The summed E-state index contributed by atoms with van der Waals surface area (Å²) < 4.78 is 10.6. The average molecular weight is 693 g/mol. The number of carbonyl (C=O) groups is 2. The molecule has 0 fully saturated rings. The van der Waals surface area contributed by atoms with Crippen molar-refractivity contribution in [3.05, 3.63) is 106 Å². The molecule has 6 N–H and O–H groups in total. The van der Waals surface area contributed by atoms with Crippen molar-refractivity contribution in [2.45, 2.75) is 92.0 Å². The van der Waals surface area contributed by atoms with Gasteiger partial charge in [0.1, 0.15) is 11.2 Å². The van der Waals surface area contributed by atoms with Gasteiger partial charge >= 0.3 is 12.2 Å². The Morgan fingerprint density at radius 1 is 0.479 bits per heavy atom. The SMILES string of the molecule is CC(C)(C)OC(=O)NCc1cccc(CNC(=S)NCc2ccc(CNC(=S)NCc3cccc(CNC(=O)OC(C)(C)C)c3)cc2)c1. The average Bonchev–Trinajstić information content (AvgIpc) is 3.02. The van der Waals surface area contributed by atoms with Crippen LogP contribution in [0.1, 0.15) is 74.9 Å². The summed E-state index contributed by atoms with van der Waals surface area (Å²) in [4.78, 5) is 23.9. The van der Waals surface area contributed by atoms with Gasteiger partial charge in [-0.2, -0.15) is 0 Å². The molecule has 0 saturated carbocycles. The Morgan fingerprint density at radius 2 is 0.750 bits per heavy atom. The van der Waals surface area contributed by atoms with Crippen molar-refractivity contribution in [1.82, 2.24) is 31.9 Å². The number of benzene rings is 3. The fraction of sp³-hybridized carbons (Fsp3) is 0.389. The lowest BCUT2D eigenvalue weighted by Crippen LogP contribution is -2.34. The summed E-state index contributed by atoms with van der Waals surface area (Å²) in [6, 6.07) is 24.1. The molecule has 0 aromatic heterocycles. The van der Waals surface area contributed by atoms with Crippen molar-refractivity contribution in [2.75, 3.05) is 0 Å². The van der Waals surface area contributed by atoms with Gasteiger partial charge in [-0.3, -0.25) is 0 Å². The quantitative estimate of drug-likeness (QED) is 0.125. The first-order chi connectivity index (χ1) is 22.6. The van der Waals surface area contributed by atoms with E-state index in [1.807, 2.05) is 90.1 Å². The molecule has 10 nitrogen and oxygen atoms in total. The maximum atomic E-state index is 11.9. The van der Waals surface area contributed by atoms with Crippen LogP contribution in [0.25, 0.3) is 0 Å². The number of carbonyl (C=O) groups excluding carboxylic acids is 2. The molecule has 12 heteroatoms. The minimum atomic E-state index is -0.535. The molecule has 3 aromatic carbocycles. The summed E-state index contributed by atoms with van der Waals surface area (Å²) in [6.45, 7) is 14.1. The molecule has 0 aliphatic rings. The van der Waals surface area contributed by atoms with Crippen molar-refractivity contribution < 1.29 is 19.1 Å². The Balaban J connectivity index is 1.33. The Bertz CT molecular complexity index is 1420. The highest BCUT2D eigenvalue weighted by Gasteiger charge is 2.16. The first-order valence-corrected chi connectivity index (χ1v) is 16.7. The normalized spacial score (nSPS) is 11.1. The van der Waals surface area contributed by atoms with Gasteiger partial charge in [-0.15, -0.1) is 0 Å². The molecule has 0 aliphatic heterocycles. The number of ether oxygens (including phenoxy) is 2. The number of hydrogen-bond donors (Lipinski definition) is 6. The zero-order chi connectivity index (χ0) is 35.2. The number of rotatable bonds is 12. The van der Waals surface area contributed by atoms with Gasteiger partial charge in [-0.1, -0.05) is 72.8 Å². The Morgan fingerprint density at radius 3 is 1.04 bits per heavy atom. The van der Waals surface area contributed by atoms with Crippen LogP contribution in [0, 0.1) is 0 Å². The van der Waals surface area contributed by atoms with Crippen LogP contribution in [-0.2, 0) is 48.7 Å². The molecule has 0 bridgehead atoms. The fourth-order valence-electron chi connectivity index (χ4n) is 4.31. The van der Waals surface area contributed by atoms with E-state index in [1.54, 1.807) is 0 Å². The molecule has 258 valence electrons. The van der Waals surface area contributed by atoms with E-state index in [-0.39, 0.29) is 0 Å². The van der Waals surface area contributed by atoms with Crippen LogP contribution in [0.5, 0.6) is 0 Å². The molecule has 0 unspecified atom stereocenters. The van der Waals surface area contributed by atoms with Gasteiger partial charge in [0.25, 0.3) is 0 Å². The summed E-state index contributed by atoms with van der Waals surface area (Å²) in [5.41, 5.74) is 5.17. The van der Waals surface area contributed by atoms with E-state index in [4.69, 9.17) is 33.9 Å². The van der Waals surface area contributed by atoms with E-state index in [0.717, 1.165) is 33.4 Å². The van der Waals surface area contributed by atoms with Crippen molar-refractivity contribution in [3.8, 4) is 0 Å². The van der Waals surface area contributed by atoms with E-state index in [9.17, 15) is 9.59 Å². The third-order valence-electron chi connectivity index (χ3n) is 6.49. The highest BCUT2D eigenvalue weighted by Crippen LogP contribution is 2.10. The maximum Gasteiger partial charge on any atom is 0.407 e. The molecule has 0 spiro atoms. The van der Waals surface area contributed by atoms with Crippen LogP contribution in [-0.4, -0.2) is 33.6 Å². The molecule has 0 radical (unpaired) electrons. The minimum absolute atomic E-state index is 0.381. The lowest BCUT2D eigenvalue weighted by atomic mass is 10.1. The summed E-state index contributed by atoms with van der Waals surface area (Å²) in [5, 5.41) is 19.6. The van der Waals surface area contributed by atoms with Crippen LogP contribution in [0.2, 0.25) is 0 Å². The summed E-state index contributed by atoms with van der Waals surface area (Å²) in [5.74, 6) is 0. The minimum Gasteiger partial charge on any atom is -0.444 e. The molecule has 0 saturated heterocycles. The van der Waals surface area contributed by atoms with E-state index in [2.05, 4.69) is 56.2 Å². The van der Waals surface area contributed by atoms with E-state index in [1.165, 1.54) is 0 Å². The highest BCUT2D eigenvalue weighted by atomic mass is 32.1. The Kier molecular flexibility index (Phi) is 14.4. The third kappa shape index (κ3) is 15.9. The largest absolute Gasteiger partial charge is 0.444 e. The lowest BCUT2D eigenvalue weighted by Gasteiger charge is -2.19. The maximum absolute atomic E-state index is 11.9. The van der Waals surface area contributed by atoms with Gasteiger partial charge in [0, 0.05) is 39.3 Å². The molecule has 0 heterocycles. The molecule has 2 amide bonds. The van der Waals surface area contributed by atoms with E-state index in [0.29, 0.717) is 49.5 Å². The standard InChI is InChI=1S/C36H48N6O4S2/c1-35(2,3)45-33(43)41-23-29-11-7-9-27(17-29)21-39-31(47)37-19-25-13-15-26(16-14-25)20-38-32(48)40-22-28-10-8-12-30(18-28)24-42-34(44)46-36(4,5)6/h7-18H,19-24H2,1-6H3,(H,41,43)(H,42,44)(H2,37,39,47)(H2,38,40,48). The van der Waals surface area contributed by atoms with Gasteiger partial charge in [-0.25, -0.2) is 9.59 Å². The Labute approximate surface area is 295 Å². The second-order valence-corrected chi connectivity index (χ2v) is 14.1. The van der Waals surface area contributed by atoms with Gasteiger partial charge < -0.3 is 41.4 Å². The molecular formula is C36H48N6O4S2. The van der Waals surface area contributed by atoms with Gasteiger partial charge in [0.15, 0.2) is 10.2 Å². The van der Waals surface area contributed by atoms with Crippen molar-refractivity contribution in [2.24, 2.45) is 0 Å². The summed E-state index contributed by atoms with van der Waals surface area (Å²) in [7, 11) is 0. The van der Waals surface area contributed by atoms with Gasteiger partial charge in [0.2, 0.25) is 0 Å². The lowest BCUT2D eigenvalue weighted by molar-refractivity contribution is 0.0512. The van der Waals surface area contributed by atoms with Crippen molar-refractivity contribution >= 4 is 46.8 Å². The number of thiocarbonyl (C=S) groups is 2. The van der Waals surface area contributed by atoms with Crippen LogP contribution in [0.15, 0.2) is 72.8 Å². The van der Waals surface area contributed by atoms with Crippen LogP contribution in [0.4, 0.5) is 9.59 Å². The zero-order valence-electron chi connectivity index (χ0n) is 28.6. The molecule has 0 atom stereocenters. The summed E-state index contributed by atoms with van der Waals surface area (Å²) in [6.07, 6.45) is -0.883. The van der Waals surface area contributed by atoms with Crippen LogP contribution >= 0.6 is 24.4 Å². The molecule has 48 heavy (non-hydrogen) atoms. The molecule has 0 aliphatic carbocycles. The number of hydrogen-bond acceptors (Lipinski definition) is 6. The number of nitrogens with one attached hydrogen (secondary N) is 6. The third-order valence-corrected chi connectivity index (χ3v) is 7.07. The highest BCUT2D eigenvalue weighted by molar-refractivity contribution is 7.80. The molecule has 3 aromatic rings. The van der Waals surface area contributed by atoms with Crippen LogP contribution in [0.3, 0.4) is 0 Å². The van der Waals surface area contributed by atoms with Crippen LogP contribution < -0.4 is 31.9 Å². The second-order valence-electron chi connectivity index (χ2n) is 13.2. The number of amides is 2. The monoisotopic (exact) mass is 692 g/mol. The first kappa shape index (κ1) is 38.0. The van der Waals surface area contributed by atoms with Gasteiger partial charge in [-0.05, 0) is 99.4 Å². The van der Waals surface area contributed by atoms with Gasteiger partial charge in [0.05, 0.1) is 0 Å². The van der Waals surface area contributed by atoms with Crippen molar-refractivity contribution in [1.29, 1.82) is 0 Å². The predicted octanol–water partition coefficient (Wildman–Crippen LogP) is 6.06. The van der Waals surface area contributed by atoms with Crippen molar-refractivity contribution in [3.63, 3.8) is 0 Å². The molecule has 3 rings (SSSR count). The predicted molar refractivity (Wildman–Crippen MR) is 198 cm³/mol. The summed E-state index contributed by atoms with van der Waals surface area (Å²) >= 11 is 11.0. The van der Waals surface area contributed by atoms with E-state index >= 15 is 0 Å². The second kappa shape index (κ2) is 18.2. The molecular weight excluding hydrogens is 645 g/mol. The first-order valence-electron chi connectivity index (χ1n) is 15.8. The Hall–Kier alpha value is -4.42. The number of alkyl carbamates (subject to hydrolysis) is 2.